The predicted octanol–water partition coefficient (Wildman–Crippen LogP) is 2.19. The molecule has 96 valence electrons. The molecule has 0 radical (unpaired) electrons. The van der Waals surface area contributed by atoms with Crippen molar-refractivity contribution in [2.45, 2.75) is 47.0 Å². The van der Waals surface area contributed by atoms with Gasteiger partial charge in [-0.1, -0.05) is 27.7 Å². The highest BCUT2D eigenvalue weighted by Gasteiger charge is 2.11. The summed E-state index contributed by atoms with van der Waals surface area (Å²) < 4.78 is 0. The normalized spacial score (nSPS) is 14.9. The highest BCUT2D eigenvalue weighted by molar-refractivity contribution is 5.76. The van der Waals surface area contributed by atoms with E-state index in [0.717, 1.165) is 12.8 Å². The highest BCUT2D eigenvalue weighted by atomic mass is 16.3. The molecule has 2 atom stereocenters. The minimum Gasteiger partial charge on any atom is -0.396 e. The molecule has 3 heteroatoms. The average Bonchev–Trinajstić information content (AvgIpc) is 2.13. The highest BCUT2D eigenvalue weighted by Crippen LogP contribution is 2.14. The maximum Gasteiger partial charge on any atom is 0.220 e. The number of hydrogen-bond donors (Lipinski definition) is 2. The summed E-state index contributed by atoms with van der Waals surface area (Å²) in [7, 11) is 0. The molecule has 1 amide bonds. The summed E-state index contributed by atoms with van der Waals surface area (Å²) in [5, 5.41) is 11.7. The quantitative estimate of drug-likeness (QED) is 0.670. The van der Waals surface area contributed by atoms with Gasteiger partial charge in [-0.05, 0) is 30.6 Å². The van der Waals surface area contributed by atoms with Crippen molar-refractivity contribution in [2.75, 3.05) is 13.2 Å². The maximum atomic E-state index is 11.6. The van der Waals surface area contributed by atoms with Crippen LogP contribution in [-0.2, 0) is 4.79 Å². The maximum absolute atomic E-state index is 11.6. The van der Waals surface area contributed by atoms with Gasteiger partial charge in [0.15, 0.2) is 0 Å². The van der Waals surface area contributed by atoms with Gasteiger partial charge in [-0.25, -0.2) is 0 Å². The summed E-state index contributed by atoms with van der Waals surface area (Å²) in [6.07, 6.45) is 2.46. The van der Waals surface area contributed by atoms with Gasteiger partial charge in [0.25, 0.3) is 0 Å². The van der Waals surface area contributed by atoms with Crippen molar-refractivity contribution in [3.63, 3.8) is 0 Å². The number of nitrogens with one attached hydrogen (secondary N) is 1. The van der Waals surface area contributed by atoms with Gasteiger partial charge in [-0.3, -0.25) is 4.79 Å². The molecule has 0 aromatic heterocycles. The molecule has 0 fully saturated rings. The largest absolute Gasteiger partial charge is 0.396 e. The van der Waals surface area contributed by atoms with E-state index in [9.17, 15) is 4.79 Å². The van der Waals surface area contributed by atoms with Crippen LogP contribution in [0.3, 0.4) is 0 Å². The number of carbonyl (C=O) groups excluding carboxylic acids is 1. The van der Waals surface area contributed by atoms with Gasteiger partial charge in [0.1, 0.15) is 0 Å². The molecule has 0 rings (SSSR count). The van der Waals surface area contributed by atoms with Crippen molar-refractivity contribution in [3.05, 3.63) is 0 Å². The van der Waals surface area contributed by atoms with Gasteiger partial charge in [0, 0.05) is 19.6 Å². The second-order valence-electron chi connectivity index (χ2n) is 5.36. The Bertz CT molecular complexity index is 192. The first-order valence-electron chi connectivity index (χ1n) is 6.33. The Balaban J connectivity index is 3.65. The fraction of sp³-hybridized carbons (Fsp3) is 0.923. The Morgan fingerprint density at radius 2 is 1.81 bits per heavy atom. The molecule has 0 aliphatic carbocycles. The summed E-state index contributed by atoms with van der Waals surface area (Å²) in [6.45, 7) is 9.38. The van der Waals surface area contributed by atoms with Gasteiger partial charge >= 0.3 is 0 Å². The molecule has 3 nitrogen and oxygen atoms in total. The Morgan fingerprint density at radius 1 is 1.19 bits per heavy atom. The molecule has 0 heterocycles. The van der Waals surface area contributed by atoms with Crippen LogP contribution >= 0.6 is 0 Å². The fourth-order valence-corrected chi connectivity index (χ4v) is 1.89. The molecule has 0 aliphatic rings. The van der Waals surface area contributed by atoms with Crippen molar-refractivity contribution >= 4 is 5.91 Å². The second kappa shape index (κ2) is 8.57. The number of amides is 1. The van der Waals surface area contributed by atoms with Gasteiger partial charge in [0.2, 0.25) is 5.91 Å². The van der Waals surface area contributed by atoms with Crippen LogP contribution in [0.5, 0.6) is 0 Å². The zero-order valence-corrected chi connectivity index (χ0v) is 11.1. The van der Waals surface area contributed by atoms with Crippen molar-refractivity contribution in [3.8, 4) is 0 Å². The third-order valence-electron chi connectivity index (χ3n) is 2.68. The summed E-state index contributed by atoms with van der Waals surface area (Å²) in [5.41, 5.74) is 0. The van der Waals surface area contributed by atoms with E-state index in [-0.39, 0.29) is 12.5 Å². The van der Waals surface area contributed by atoms with E-state index >= 15 is 0 Å². The molecule has 0 bridgehead atoms. The number of hydrogen-bond acceptors (Lipinski definition) is 2. The molecular formula is C13H27NO2. The molecule has 16 heavy (non-hydrogen) atoms. The Morgan fingerprint density at radius 3 is 2.31 bits per heavy atom. The minimum absolute atomic E-state index is 0.137. The van der Waals surface area contributed by atoms with Gasteiger partial charge in [-0.2, -0.15) is 0 Å². The lowest BCUT2D eigenvalue weighted by Gasteiger charge is -2.15. The molecule has 0 spiro atoms. The van der Waals surface area contributed by atoms with Gasteiger partial charge in [-0.15, -0.1) is 0 Å². The molecule has 0 aromatic rings. The zero-order valence-electron chi connectivity index (χ0n) is 11.1. The third kappa shape index (κ3) is 8.72. The minimum atomic E-state index is 0.137. The van der Waals surface area contributed by atoms with Crippen LogP contribution in [0.2, 0.25) is 0 Å². The van der Waals surface area contributed by atoms with E-state index in [2.05, 4.69) is 26.1 Å². The molecule has 0 saturated heterocycles. The first kappa shape index (κ1) is 15.4. The van der Waals surface area contributed by atoms with Crippen molar-refractivity contribution in [1.29, 1.82) is 0 Å². The Labute approximate surface area is 99.6 Å². The van der Waals surface area contributed by atoms with Crippen LogP contribution in [0, 0.1) is 17.8 Å². The van der Waals surface area contributed by atoms with Crippen LogP contribution < -0.4 is 5.32 Å². The topological polar surface area (TPSA) is 49.3 Å². The van der Waals surface area contributed by atoms with Crippen LogP contribution in [0.1, 0.15) is 47.0 Å². The molecule has 0 saturated carbocycles. The van der Waals surface area contributed by atoms with Crippen LogP contribution in [-0.4, -0.2) is 24.2 Å². The third-order valence-corrected chi connectivity index (χ3v) is 2.68. The molecule has 0 aliphatic heterocycles. The summed E-state index contributed by atoms with van der Waals surface area (Å²) >= 11 is 0. The van der Waals surface area contributed by atoms with Crippen LogP contribution in [0.25, 0.3) is 0 Å². The molecule has 0 aromatic carbocycles. The van der Waals surface area contributed by atoms with Gasteiger partial charge < -0.3 is 10.4 Å². The number of rotatable bonds is 8. The zero-order chi connectivity index (χ0) is 12.6. The number of carbonyl (C=O) groups is 1. The van der Waals surface area contributed by atoms with Crippen LogP contribution in [0.15, 0.2) is 0 Å². The SMILES string of the molecule is CC(C)CC(C)CC(=O)NCC(C)CCO. The van der Waals surface area contributed by atoms with E-state index in [4.69, 9.17) is 5.11 Å². The lowest BCUT2D eigenvalue weighted by molar-refractivity contribution is -0.122. The summed E-state index contributed by atoms with van der Waals surface area (Å²) in [4.78, 5) is 11.6. The lowest BCUT2D eigenvalue weighted by atomic mass is 9.96. The second-order valence-corrected chi connectivity index (χ2v) is 5.36. The van der Waals surface area contributed by atoms with Crippen LogP contribution in [0.4, 0.5) is 0 Å². The van der Waals surface area contributed by atoms with Crippen molar-refractivity contribution in [2.24, 2.45) is 17.8 Å². The monoisotopic (exact) mass is 229 g/mol. The van der Waals surface area contributed by atoms with E-state index in [1.807, 2.05) is 6.92 Å². The Kier molecular flexibility index (Phi) is 8.26. The smallest absolute Gasteiger partial charge is 0.220 e. The van der Waals surface area contributed by atoms with Crippen molar-refractivity contribution < 1.29 is 9.90 Å². The predicted molar refractivity (Wildman–Crippen MR) is 67.1 cm³/mol. The van der Waals surface area contributed by atoms with E-state index in [1.54, 1.807) is 0 Å². The standard InChI is InChI=1S/C13H27NO2/c1-10(2)7-12(4)8-13(16)14-9-11(3)5-6-15/h10-12,15H,5-9H2,1-4H3,(H,14,16). The van der Waals surface area contributed by atoms with Gasteiger partial charge in [0.05, 0.1) is 0 Å². The summed E-state index contributed by atoms with van der Waals surface area (Å²) in [5.74, 6) is 1.59. The van der Waals surface area contributed by atoms with Crippen molar-refractivity contribution in [1.82, 2.24) is 5.32 Å². The molecule has 2 unspecified atom stereocenters. The Hall–Kier alpha value is -0.570. The number of aliphatic hydroxyl groups excluding tert-OH is 1. The first-order chi connectivity index (χ1) is 7.45. The number of aliphatic hydroxyl groups is 1. The summed E-state index contributed by atoms with van der Waals surface area (Å²) in [6, 6.07) is 0. The van der Waals surface area contributed by atoms with E-state index < -0.39 is 0 Å². The van der Waals surface area contributed by atoms with E-state index in [0.29, 0.717) is 30.7 Å². The first-order valence-corrected chi connectivity index (χ1v) is 6.33. The van der Waals surface area contributed by atoms with E-state index in [1.165, 1.54) is 0 Å². The average molecular weight is 229 g/mol. The lowest BCUT2D eigenvalue weighted by Crippen LogP contribution is -2.29. The fourth-order valence-electron chi connectivity index (χ4n) is 1.89. The molecular weight excluding hydrogens is 202 g/mol. The molecule has 2 N–H and O–H groups in total.